The number of hydrogen-bond acceptors (Lipinski definition) is 6. The Kier molecular flexibility index (Phi) is 6.24. The molecule has 25 heavy (non-hydrogen) atoms. The molecule has 2 aromatic rings. The highest BCUT2D eigenvalue weighted by molar-refractivity contribution is 7.73. The summed E-state index contributed by atoms with van der Waals surface area (Å²) in [5, 5.41) is 29.4. The summed E-state index contributed by atoms with van der Waals surface area (Å²) in [4.78, 5) is 21.2. The number of thiazole rings is 1. The summed E-state index contributed by atoms with van der Waals surface area (Å²) in [6.07, 6.45) is 3.56. The average Bonchev–Trinajstić information content (AvgIpc) is 2.82. The van der Waals surface area contributed by atoms with E-state index in [0.717, 1.165) is 5.56 Å². The molecule has 0 bridgehead atoms. The molecule has 0 amide bonds. The number of carbonyl (C=O) groups is 1. The number of aromatic nitrogens is 1. The van der Waals surface area contributed by atoms with Gasteiger partial charge in [0.1, 0.15) is 0 Å². The van der Waals surface area contributed by atoms with E-state index in [1.165, 1.54) is 28.0 Å². The molecular weight excluding hydrogens is 364 g/mol. The van der Waals surface area contributed by atoms with Crippen LogP contribution in [-0.2, 0) is 11.3 Å². The summed E-state index contributed by atoms with van der Waals surface area (Å²) in [5.74, 6) is -0.919. The molecule has 9 heteroatoms. The normalized spacial score (nSPS) is 10.1. The number of nitro groups is 1. The van der Waals surface area contributed by atoms with Crippen LogP contribution in [0.3, 0.4) is 0 Å². The van der Waals surface area contributed by atoms with Gasteiger partial charge in [0.15, 0.2) is 3.95 Å². The van der Waals surface area contributed by atoms with Gasteiger partial charge in [-0.25, -0.2) is 0 Å². The number of rotatable bonds is 7. The fourth-order valence-electron chi connectivity index (χ4n) is 2.00. The molecule has 0 saturated carbocycles. The predicted molar refractivity (Wildman–Crippen MR) is 97.2 cm³/mol. The highest BCUT2D eigenvalue weighted by atomic mass is 32.1. The third-order valence-electron chi connectivity index (χ3n) is 3.23. The Bertz CT molecular complexity index is 906. The molecule has 2 rings (SSSR count). The minimum absolute atomic E-state index is 0.00226. The molecule has 0 aliphatic rings. The monoisotopic (exact) mass is 378 g/mol. The molecule has 2 N–H and O–H groups in total. The van der Waals surface area contributed by atoms with E-state index < -0.39 is 10.9 Å². The molecule has 1 heterocycles. The van der Waals surface area contributed by atoms with Crippen molar-refractivity contribution < 1.29 is 19.9 Å². The smallest absolute Gasteiger partial charge is 0.303 e. The van der Waals surface area contributed by atoms with Gasteiger partial charge in [0.25, 0.3) is 5.69 Å². The van der Waals surface area contributed by atoms with E-state index in [2.05, 4.69) is 5.73 Å². The molecule has 1 aromatic carbocycles. The quantitative estimate of drug-likeness (QED) is 0.325. The molecule has 0 aliphatic heterocycles. The fraction of sp³-hybridized carbons (Fsp3) is 0.188. The lowest BCUT2D eigenvalue weighted by Crippen LogP contribution is -2.01. The van der Waals surface area contributed by atoms with Crippen LogP contribution in [0.4, 0.5) is 5.69 Å². The van der Waals surface area contributed by atoms with Crippen LogP contribution in [0.5, 0.6) is 5.88 Å². The molecule has 0 saturated heterocycles. The van der Waals surface area contributed by atoms with Crippen molar-refractivity contribution in [2.75, 3.05) is 0 Å². The first-order valence-corrected chi connectivity index (χ1v) is 8.42. The number of carboxylic acid groups (broad SMARTS) is 1. The Morgan fingerprint density at radius 1 is 1.36 bits per heavy atom. The molecular formula is C16H14N2O5S2. The van der Waals surface area contributed by atoms with Crippen LogP contribution in [0, 0.1) is 14.1 Å². The topological polar surface area (TPSA) is 106 Å². The van der Waals surface area contributed by atoms with Crippen molar-refractivity contribution in [1.82, 2.24) is 4.57 Å². The maximum absolute atomic E-state index is 10.6. The number of nitro benzene ring substituents is 1. The molecule has 130 valence electrons. The summed E-state index contributed by atoms with van der Waals surface area (Å²) >= 11 is 6.37. The summed E-state index contributed by atoms with van der Waals surface area (Å²) in [6, 6.07) is 5.98. The molecule has 0 spiro atoms. The van der Waals surface area contributed by atoms with E-state index in [-0.39, 0.29) is 18.0 Å². The van der Waals surface area contributed by atoms with Crippen molar-refractivity contribution in [2.45, 2.75) is 19.4 Å². The molecule has 0 radical (unpaired) electrons. The van der Waals surface area contributed by atoms with E-state index in [4.69, 9.17) is 17.3 Å². The van der Waals surface area contributed by atoms with Gasteiger partial charge in [0, 0.05) is 31.2 Å². The number of aromatic hydroxyl groups is 1. The van der Waals surface area contributed by atoms with Gasteiger partial charge in [0.2, 0.25) is 5.88 Å². The lowest BCUT2D eigenvalue weighted by Gasteiger charge is -2.02. The summed E-state index contributed by atoms with van der Waals surface area (Å²) in [6.45, 7) is 0.327. The van der Waals surface area contributed by atoms with Crippen LogP contribution in [0.1, 0.15) is 23.3 Å². The van der Waals surface area contributed by atoms with Gasteiger partial charge in [0.05, 0.1) is 9.80 Å². The van der Waals surface area contributed by atoms with E-state index >= 15 is 0 Å². The van der Waals surface area contributed by atoms with Gasteiger partial charge < -0.3 is 10.2 Å². The lowest BCUT2D eigenvalue weighted by atomic mass is 10.2. The molecule has 7 nitrogen and oxygen atoms in total. The average molecular weight is 378 g/mol. The first kappa shape index (κ1) is 18.6. The zero-order valence-electron chi connectivity index (χ0n) is 12.9. The number of benzene rings is 1. The van der Waals surface area contributed by atoms with Crippen LogP contribution in [0.25, 0.3) is 12.2 Å². The Balaban J connectivity index is 2.13. The molecule has 1 aromatic heterocycles. The fourth-order valence-corrected chi connectivity index (χ4v) is 3.25. The third kappa shape index (κ3) is 5.12. The number of non-ortho nitro benzene ring substituents is 1. The van der Waals surface area contributed by atoms with E-state index in [9.17, 15) is 20.0 Å². The minimum Gasteiger partial charge on any atom is -0.493 e. The number of hydrogen-bond donors (Lipinski definition) is 2. The van der Waals surface area contributed by atoms with Gasteiger partial charge in [-0.05, 0) is 42.4 Å². The molecule has 0 unspecified atom stereocenters. The highest BCUT2D eigenvalue weighted by Gasteiger charge is 2.09. The number of carboxylic acids is 1. The second kappa shape index (κ2) is 8.39. The van der Waals surface area contributed by atoms with Crippen molar-refractivity contribution in [2.24, 2.45) is 0 Å². The van der Waals surface area contributed by atoms with Gasteiger partial charge in [-0.3, -0.25) is 19.5 Å². The van der Waals surface area contributed by atoms with Crippen molar-refractivity contribution in [3.05, 3.63) is 54.5 Å². The Hall–Kier alpha value is -2.74. The van der Waals surface area contributed by atoms with E-state index in [1.54, 1.807) is 24.3 Å². The van der Waals surface area contributed by atoms with Gasteiger partial charge >= 0.3 is 5.97 Å². The lowest BCUT2D eigenvalue weighted by molar-refractivity contribution is -0.384. The first-order chi connectivity index (χ1) is 11.9. The standard InChI is InChI=1S/C16H14N2O5S2/c19-14(20)5-2-10-17-15(21)13(25-16(17)24)4-1-3-11-6-8-12(9-7-11)18(22)23/h3-4,6-9,21H,2,5,10H2,(H,19,20). The van der Waals surface area contributed by atoms with Crippen LogP contribution >= 0.6 is 23.6 Å². The van der Waals surface area contributed by atoms with E-state index in [0.29, 0.717) is 21.8 Å². The van der Waals surface area contributed by atoms with Gasteiger partial charge in [-0.2, -0.15) is 0 Å². The summed E-state index contributed by atoms with van der Waals surface area (Å²) in [7, 11) is 0. The maximum Gasteiger partial charge on any atom is 0.303 e. The SMILES string of the molecule is O=C(O)CCCn1c(O)c(C=C=Cc2ccc([N+](=O)[O-])cc2)sc1=S. The number of aliphatic carboxylic acids is 1. The Labute approximate surface area is 151 Å². The van der Waals surface area contributed by atoms with Crippen molar-refractivity contribution in [1.29, 1.82) is 0 Å². The first-order valence-electron chi connectivity index (χ1n) is 7.20. The van der Waals surface area contributed by atoms with Crippen molar-refractivity contribution in [3.8, 4) is 5.88 Å². The minimum atomic E-state index is -0.896. The Morgan fingerprint density at radius 2 is 2.04 bits per heavy atom. The van der Waals surface area contributed by atoms with Crippen LogP contribution in [-0.4, -0.2) is 25.7 Å². The zero-order chi connectivity index (χ0) is 18.4. The number of nitrogens with zero attached hydrogens (tertiary/aromatic N) is 2. The third-order valence-corrected chi connectivity index (χ3v) is 4.62. The Morgan fingerprint density at radius 3 is 2.64 bits per heavy atom. The second-order valence-corrected chi connectivity index (χ2v) is 6.68. The zero-order valence-corrected chi connectivity index (χ0v) is 14.5. The van der Waals surface area contributed by atoms with Crippen molar-refractivity contribution >= 4 is 47.4 Å². The summed E-state index contributed by atoms with van der Waals surface area (Å²) < 4.78 is 1.94. The highest BCUT2D eigenvalue weighted by Crippen LogP contribution is 2.27. The predicted octanol–water partition coefficient (Wildman–Crippen LogP) is 4.08. The largest absolute Gasteiger partial charge is 0.493 e. The van der Waals surface area contributed by atoms with Gasteiger partial charge in [-0.1, -0.05) is 0 Å². The molecule has 0 atom stereocenters. The van der Waals surface area contributed by atoms with Crippen LogP contribution in [0.15, 0.2) is 30.0 Å². The van der Waals surface area contributed by atoms with E-state index in [1.807, 2.05) is 0 Å². The van der Waals surface area contributed by atoms with Gasteiger partial charge in [-0.15, -0.1) is 17.1 Å². The molecule has 0 aliphatic carbocycles. The van der Waals surface area contributed by atoms with Crippen LogP contribution < -0.4 is 0 Å². The van der Waals surface area contributed by atoms with Crippen LogP contribution in [0.2, 0.25) is 0 Å². The molecule has 0 fully saturated rings. The van der Waals surface area contributed by atoms with Crippen molar-refractivity contribution in [3.63, 3.8) is 0 Å². The second-order valence-electron chi connectivity index (χ2n) is 5.01. The maximum atomic E-state index is 10.6. The summed E-state index contributed by atoms with van der Waals surface area (Å²) in [5.41, 5.74) is 3.64.